The first-order chi connectivity index (χ1) is 18.5. The van der Waals surface area contributed by atoms with Crippen LogP contribution in [0.1, 0.15) is 25.3 Å². The van der Waals surface area contributed by atoms with Crippen LogP contribution in [0.2, 0.25) is 0 Å². The Bertz CT molecular complexity index is 1230. The Morgan fingerprint density at radius 1 is 0.763 bits per heavy atom. The minimum Gasteiger partial charge on any atom is -0.497 e. The third kappa shape index (κ3) is 9.30. The van der Waals surface area contributed by atoms with Crippen LogP contribution in [-0.4, -0.2) is 44.3 Å². The molecular formula is C28H30N4O6. The molecule has 3 aromatic rings. The lowest BCUT2D eigenvalue weighted by molar-refractivity contribution is -0.136. The summed E-state index contributed by atoms with van der Waals surface area (Å²) in [4.78, 5) is 36.2. The summed E-state index contributed by atoms with van der Waals surface area (Å²) in [6.45, 7) is 2.54. The zero-order valence-corrected chi connectivity index (χ0v) is 21.2. The van der Waals surface area contributed by atoms with E-state index in [0.29, 0.717) is 40.8 Å². The van der Waals surface area contributed by atoms with Gasteiger partial charge in [0.2, 0.25) is 0 Å². The molecule has 0 bridgehead atoms. The molecule has 10 heteroatoms. The van der Waals surface area contributed by atoms with Gasteiger partial charge < -0.3 is 24.8 Å². The molecule has 0 atom stereocenters. The number of unbranched alkanes of at least 4 members (excludes halogenated alkanes) is 1. The van der Waals surface area contributed by atoms with Gasteiger partial charge in [0.1, 0.15) is 17.2 Å². The van der Waals surface area contributed by atoms with E-state index < -0.39 is 11.8 Å². The van der Waals surface area contributed by atoms with E-state index in [-0.39, 0.29) is 12.5 Å². The van der Waals surface area contributed by atoms with Gasteiger partial charge in [0.15, 0.2) is 6.61 Å². The number of rotatable bonds is 12. The molecule has 0 aliphatic rings. The first kappa shape index (κ1) is 27.7. The highest BCUT2D eigenvalue weighted by atomic mass is 16.5. The van der Waals surface area contributed by atoms with Crippen LogP contribution in [0.25, 0.3) is 0 Å². The van der Waals surface area contributed by atoms with Crippen molar-refractivity contribution in [1.29, 1.82) is 0 Å². The molecule has 0 spiro atoms. The molecule has 0 aromatic heterocycles. The molecule has 3 N–H and O–H groups in total. The van der Waals surface area contributed by atoms with Crippen LogP contribution in [0.5, 0.6) is 17.2 Å². The van der Waals surface area contributed by atoms with Crippen molar-refractivity contribution in [1.82, 2.24) is 5.43 Å². The second-order valence-corrected chi connectivity index (χ2v) is 8.01. The third-order valence-corrected chi connectivity index (χ3v) is 5.09. The first-order valence-electron chi connectivity index (χ1n) is 12.0. The highest BCUT2D eigenvalue weighted by Gasteiger charge is 2.13. The molecule has 38 heavy (non-hydrogen) atoms. The molecule has 0 heterocycles. The highest BCUT2D eigenvalue weighted by Crippen LogP contribution is 2.17. The maximum Gasteiger partial charge on any atom is 0.329 e. The van der Waals surface area contributed by atoms with Gasteiger partial charge >= 0.3 is 11.8 Å². The number of benzene rings is 3. The van der Waals surface area contributed by atoms with Gasteiger partial charge in [0.25, 0.3) is 5.91 Å². The van der Waals surface area contributed by atoms with Crippen molar-refractivity contribution in [2.24, 2.45) is 5.10 Å². The third-order valence-electron chi connectivity index (χ3n) is 5.09. The van der Waals surface area contributed by atoms with Crippen LogP contribution < -0.4 is 30.3 Å². The maximum atomic E-state index is 12.1. The number of methoxy groups -OCH3 is 1. The number of nitrogens with one attached hydrogen (secondary N) is 3. The van der Waals surface area contributed by atoms with E-state index in [1.807, 2.05) is 0 Å². The summed E-state index contributed by atoms with van der Waals surface area (Å²) in [6, 6.07) is 20.4. The Labute approximate surface area is 221 Å². The summed E-state index contributed by atoms with van der Waals surface area (Å²) in [6.07, 6.45) is 3.38. The Morgan fingerprint density at radius 3 is 1.97 bits per heavy atom. The van der Waals surface area contributed by atoms with Crippen molar-refractivity contribution in [2.75, 3.05) is 31.0 Å². The number of carbonyl (C=O) groups excluding carboxylic acids is 3. The number of carbonyl (C=O) groups is 3. The minimum atomic E-state index is -0.910. The van der Waals surface area contributed by atoms with Gasteiger partial charge in [-0.05, 0) is 84.8 Å². The van der Waals surface area contributed by atoms with Crippen LogP contribution >= 0.6 is 0 Å². The van der Waals surface area contributed by atoms with E-state index in [0.717, 1.165) is 12.8 Å². The van der Waals surface area contributed by atoms with Crippen molar-refractivity contribution < 1.29 is 28.6 Å². The average Bonchev–Trinajstić information content (AvgIpc) is 2.94. The average molecular weight is 519 g/mol. The number of hydrazone groups is 1. The predicted molar refractivity (Wildman–Crippen MR) is 145 cm³/mol. The number of nitrogens with zero attached hydrogens (tertiary/aromatic N) is 1. The van der Waals surface area contributed by atoms with Crippen LogP contribution in [0.4, 0.5) is 11.4 Å². The summed E-state index contributed by atoms with van der Waals surface area (Å²) in [5, 5.41) is 9.03. The van der Waals surface area contributed by atoms with Crippen LogP contribution in [0.3, 0.4) is 0 Å². The Balaban J connectivity index is 1.39. The fourth-order valence-corrected chi connectivity index (χ4v) is 3.04. The zero-order chi connectivity index (χ0) is 27.2. The monoisotopic (exact) mass is 518 g/mol. The number of hydrogen-bond donors (Lipinski definition) is 3. The molecule has 0 aliphatic carbocycles. The Morgan fingerprint density at radius 2 is 1.34 bits per heavy atom. The van der Waals surface area contributed by atoms with Crippen LogP contribution in [-0.2, 0) is 14.4 Å². The standard InChI is InChI=1S/C28H30N4O6/c1-3-4-17-37-24-15-9-22(10-16-24)31-27(34)28(35)32-29-18-20-5-11-25(12-6-20)38-19-26(33)30-21-7-13-23(36-2)14-8-21/h5-16,18H,3-4,17,19H2,1-2H3,(H,30,33)(H,31,34)(H,32,35)/b29-18-. The zero-order valence-electron chi connectivity index (χ0n) is 21.2. The fraction of sp³-hybridized carbons (Fsp3) is 0.214. The summed E-state index contributed by atoms with van der Waals surface area (Å²) in [5.41, 5.74) is 3.93. The van der Waals surface area contributed by atoms with Gasteiger partial charge in [0.05, 0.1) is 19.9 Å². The van der Waals surface area contributed by atoms with Gasteiger partial charge in [-0.15, -0.1) is 0 Å². The highest BCUT2D eigenvalue weighted by molar-refractivity contribution is 6.39. The molecule has 0 aliphatic heterocycles. The molecule has 198 valence electrons. The molecule has 0 radical (unpaired) electrons. The lowest BCUT2D eigenvalue weighted by atomic mass is 10.2. The second-order valence-electron chi connectivity index (χ2n) is 8.01. The maximum absolute atomic E-state index is 12.1. The molecular weight excluding hydrogens is 488 g/mol. The second kappa shape index (κ2) is 14.6. The SMILES string of the molecule is CCCCOc1ccc(NC(=O)C(=O)N/N=C\c2ccc(OCC(=O)Nc3ccc(OC)cc3)cc2)cc1. The summed E-state index contributed by atoms with van der Waals surface area (Å²) < 4.78 is 16.1. The number of anilines is 2. The number of hydrogen-bond acceptors (Lipinski definition) is 7. The lowest BCUT2D eigenvalue weighted by Crippen LogP contribution is -2.32. The van der Waals surface area contributed by atoms with Gasteiger partial charge in [0, 0.05) is 11.4 Å². The normalized spacial score (nSPS) is 10.5. The fourth-order valence-electron chi connectivity index (χ4n) is 3.04. The Kier molecular flexibility index (Phi) is 10.7. The molecule has 3 amide bonds. The molecule has 3 rings (SSSR count). The van der Waals surface area contributed by atoms with Crippen molar-refractivity contribution in [2.45, 2.75) is 19.8 Å². The molecule has 3 aromatic carbocycles. The van der Waals surface area contributed by atoms with Crippen molar-refractivity contribution in [3.63, 3.8) is 0 Å². The molecule has 0 saturated carbocycles. The van der Waals surface area contributed by atoms with E-state index in [4.69, 9.17) is 14.2 Å². The quantitative estimate of drug-likeness (QED) is 0.144. The van der Waals surface area contributed by atoms with E-state index in [1.165, 1.54) is 6.21 Å². The summed E-state index contributed by atoms with van der Waals surface area (Å²) in [5.74, 6) is -0.194. The van der Waals surface area contributed by atoms with Gasteiger partial charge in [-0.1, -0.05) is 13.3 Å². The largest absolute Gasteiger partial charge is 0.497 e. The van der Waals surface area contributed by atoms with Gasteiger partial charge in [-0.2, -0.15) is 5.10 Å². The molecule has 10 nitrogen and oxygen atoms in total. The van der Waals surface area contributed by atoms with E-state index in [2.05, 4.69) is 28.1 Å². The number of ether oxygens (including phenoxy) is 3. The van der Waals surface area contributed by atoms with Crippen molar-refractivity contribution >= 4 is 35.3 Å². The van der Waals surface area contributed by atoms with E-state index in [1.54, 1.807) is 79.9 Å². The van der Waals surface area contributed by atoms with Crippen LogP contribution in [0, 0.1) is 0 Å². The molecule has 0 unspecified atom stereocenters. The number of amides is 3. The molecule has 0 fully saturated rings. The minimum absolute atomic E-state index is 0.167. The van der Waals surface area contributed by atoms with Crippen molar-refractivity contribution in [3.05, 3.63) is 78.4 Å². The summed E-state index contributed by atoms with van der Waals surface area (Å²) in [7, 11) is 1.57. The smallest absolute Gasteiger partial charge is 0.329 e. The van der Waals surface area contributed by atoms with Crippen molar-refractivity contribution in [3.8, 4) is 17.2 Å². The topological polar surface area (TPSA) is 127 Å². The predicted octanol–water partition coefficient (Wildman–Crippen LogP) is 3.98. The van der Waals surface area contributed by atoms with Crippen LogP contribution in [0.15, 0.2) is 77.9 Å². The van der Waals surface area contributed by atoms with E-state index in [9.17, 15) is 14.4 Å². The first-order valence-corrected chi connectivity index (χ1v) is 12.0. The van der Waals surface area contributed by atoms with Gasteiger partial charge in [-0.3, -0.25) is 14.4 Å². The lowest BCUT2D eigenvalue weighted by Gasteiger charge is -2.08. The Hall–Kier alpha value is -4.86. The summed E-state index contributed by atoms with van der Waals surface area (Å²) >= 11 is 0. The molecule has 0 saturated heterocycles. The van der Waals surface area contributed by atoms with Gasteiger partial charge in [-0.25, -0.2) is 5.43 Å². The van der Waals surface area contributed by atoms with E-state index >= 15 is 0 Å².